The molecule has 0 atom stereocenters. The fraction of sp³-hybridized carbons (Fsp3) is 0.278. The highest BCUT2D eigenvalue weighted by atomic mass is 79.9. The average Bonchev–Trinajstić information content (AvgIpc) is 2.88. The second-order valence-corrected chi connectivity index (χ2v) is 8.85. The Kier molecular flexibility index (Phi) is 6.03. The van der Waals surface area contributed by atoms with Crippen molar-refractivity contribution in [3.63, 3.8) is 0 Å². The Morgan fingerprint density at radius 2 is 1.85 bits per heavy atom. The molecule has 0 saturated heterocycles. The SMILES string of the molecule is CN(CC(=O)Nc1ccccc1Br)S(=O)(=O)c1ccc2c(c1)OCCCO2. The fourth-order valence-corrected chi connectivity index (χ4v) is 4.05. The Bertz CT molecular complexity index is 949. The number of halogens is 1. The molecule has 2 aromatic rings. The van der Waals surface area contributed by atoms with E-state index in [1.54, 1.807) is 24.3 Å². The minimum absolute atomic E-state index is 0.0444. The summed E-state index contributed by atoms with van der Waals surface area (Å²) in [4.78, 5) is 12.3. The van der Waals surface area contributed by atoms with Gasteiger partial charge in [0.2, 0.25) is 15.9 Å². The van der Waals surface area contributed by atoms with Crippen LogP contribution >= 0.6 is 15.9 Å². The molecule has 2 aromatic carbocycles. The minimum Gasteiger partial charge on any atom is -0.490 e. The van der Waals surface area contributed by atoms with Crippen LogP contribution in [-0.4, -0.2) is 45.4 Å². The van der Waals surface area contributed by atoms with E-state index in [1.165, 1.54) is 19.2 Å². The van der Waals surface area contributed by atoms with Crippen molar-refractivity contribution in [1.82, 2.24) is 4.31 Å². The van der Waals surface area contributed by atoms with Crippen molar-refractivity contribution in [2.75, 3.05) is 32.1 Å². The number of nitrogens with zero attached hydrogens (tertiary/aromatic N) is 1. The smallest absolute Gasteiger partial charge is 0.243 e. The summed E-state index contributed by atoms with van der Waals surface area (Å²) in [6.45, 7) is 0.660. The largest absolute Gasteiger partial charge is 0.490 e. The van der Waals surface area contributed by atoms with Crippen LogP contribution in [0, 0.1) is 0 Å². The molecule has 0 aromatic heterocycles. The van der Waals surface area contributed by atoms with Gasteiger partial charge in [-0.05, 0) is 40.2 Å². The highest BCUT2D eigenvalue weighted by Gasteiger charge is 2.25. The van der Waals surface area contributed by atoms with Crippen LogP contribution in [0.25, 0.3) is 0 Å². The Balaban J connectivity index is 1.73. The van der Waals surface area contributed by atoms with Crippen LogP contribution in [0.15, 0.2) is 51.8 Å². The van der Waals surface area contributed by atoms with Crippen LogP contribution in [0.2, 0.25) is 0 Å². The van der Waals surface area contributed by atoms with E-state index < -0.39 is 15.9 Å². The number of hydrogen-bond donors (Lipinski definition) is 1. The number of likely N-dealkylation sites (N-methyl/N-ethyl adjacent to an activating group) is 1. The van der Waals surface area contributed by atoms with Crippen molar-refractivity contribution in [2.45, 2.75) is 11.3 Å². The molecule has 3 rings (SSSR count). The van der Waals surface area contributed by atoms with Crippen LogP contribution in [0.4, 0.5) is 5.69 Å². The number of hydrogen-bond acceptors (Lipinski definition) is 5. The van der Waals surface area contributed by atoms with Gasteiger partial charge in [-0.1, -0.05) is 12.1 Å². The van der Waals surface area contributed by atoms with Gasteiger partial charge in [0.15, 0.2) is 11.5 Å². The highest BCUT2D eigenvalue weighted by molar-refractivity contribution is 9.10. The summed E-state index contributed by atoms with van der Waals surface area (Å²) in [5.74, 6) is 0.461. The Labute approximate surface area is 166 Å². The van der Waals surface area contributed by atoms with Crippen molar-refractivity contribution in [2.24, 2.45) is 0 Å². The number of fused-ring (bicyclic) bond motifs is 1. The number of carbonyl (C=O) groups is 1. The lowest BCUT2D eigenvalue weighted by Gasteiger charge is -2.18. The van der Waals surface area contributed by atoms with Gasteiger partial charge in [-0.2, -0.15) is 4.31 Å². The van der Waals surface area contributed by atoms with Gasteiger partial charge in [0.05, 0.1) is 30.3 Å². The molecule has 9 heteroatoms. The molecule has 0 fully saturated rings. The van der Waals surface area contributed by atoms with Gasteiger partial charge in [0.25, 0.3) is 0 Å². The van der Waals surface area contributed by atoms with E-state index in [4.69, 9.17) is 9.47 Å². The number of carbonyl (C=O) groups excluding carboxylic acids is 1. The molecule has 0 saturated carbocycles. The van der Waals surface area contributed by atoms with E-state index >= 15 is 0 Å². The van der Waals surface area contributed by atoms with Crippen molar-refractivity contribution < 1.29 is 22.7 Å². The lowest BCUT2D eigenvalue weighted by Crippen LogP contribution is -2.35. The van der Waals surface area contributed by atoms with E-state index in [9.17, 15) is 13.2 Å². The number of nitrogens with one attached hydrogen (secondary N) is 1. The van der Waals surface area contributed by atoms with E-state index in [0.29, 0.717) is 34.9 Å². The van der Waals surface area contributed by atoms with E-state index in [-0.39, 0.29) is 11.4 Å². The van der Waals surface area contributed by atoms with Crippen molar-refractivity contribution in [1.29, 1.82) is 0 Å². The van der Waals surface area contributed by atoms with Gasteiger partial charge in [-0.15, -0.1) is 0 Å². The van der Waals surface area contributed by atoms with Crippen molar-refractivity contribution in [3.05, 3.63) is 46.9 Å². The second-order valence-electron chi connectivity index (χ2n) is 5.95. The van der Waals surface area contributed by atoms with Crippen LogP contribution in [-0.2, 0) is 14.8 Å². The second kappa shape index (κ2) is 8.28. The van der Waals surface area contributed by atoms with Crippen LogP contribution in [0.5, 0.6) is 11.5 Å². The first kappa shape index (κ1) is 19.7. The third kappa shape index (κ3) is 4.60. The molecule has 1 heterocycles. The first-order chi connectivity index (χ1) is 12.9. The Morgan fingerprint density at radius 3 is 2.59 bits per heavy atom. The minimum atomic E-state index is -3.86. The van der Waals surface area contributed by atoms with Gasteiger partial charge in [0.1, 0.15) is 0 Å². The number of anilines is 1. The Hall–Kier alpha value is -2.10. The third-order valence-corrected chi connectivity index (χ3v) is 6.43. The molecule has 27 heavy (non-hydrogen) atoms. The first-order valence-electron chi connectivity index (χ1n) is 8.28. The zero-order valence-corrected chi connectivity index (χ0v) is 17.0. The maximum atomic E-state index is 12.8. The maximum absolute atomic E-state index is 12.8. The molecule has 1 amide bonds. The van der Waals surface area contributed by atoms with Crippen LogP contribution < -0.4 is 14.8 Å². The molecule has 0 bridgehead atoms. The molecule has 1 aliphatic rings. The first-order valence-corrected chi connectivity index (χ1v) is 10.5. The number of amides is 1. The Morgan fingerprint density at radius 1 is 1.15 bits per heavy atom. The summed E-state index contributed by atoms with van der Waals surface area (Å²) in [5.41, 5.74) is 0.573. The molecule has 1 N–H and O–H groups in total. The zero-order valence-electron chi connectivity index (χ0n) is 14.6. The number of sulfonamides is 1. The lowest BCUT2D eigenvalue weighted by molar-refractivity contribution is -0.116. The number of ether oxygens (including phenoxy) is 2. The van der Waals surface area contributed by atoms with E-state index in [0.717, 1.165) is 10.7 Å². The van der Waals surface area contributed by atoms with Crippen molar-refractivity contribution >= 4 is 37.5 Å². The van der Waals surface area contributed by atoms with Gasteiger partial charge >= 0.3 is 0 Å². The maximum Gasteiger partial charge on any atom is 0.243 e. The van der Waals surface area contributed by atoms with Crippen molar-refractivity contribution in [3.8, 4) is 11.5 Å². The molecule has 0 unspecified atom stereocenters. The van der Waals surface area contributed by atoms with Gasteiger partial charge in [-0.25, -0.2) is 8.42 Å². The van der Waals surface area contributed by atoms with Crippen LogP contribution in [0.3, 0.4) is 0 Å². The highest BCUT2D eigenvalue weighted by Crippen LogP contribution is 2.32. The summed E-state index contributed by atoms with van der Waals surface area (Å²) in [6, 6.07) is 11.6. The standard InChI is InChI=1S/C18H19BrN2O5S/c1-21(12-18(22)20-15-6-3-2-5-14(15)19)27(23,24)13-7-8-16-17(11-13)26-10-4-9-25-16/h2-3,5-8,11H,4,9-10,12H2,1H3,(H,20,22). The quantitative estimate of drug-likeness (QED) is 0.750. The molecule has 7 nitrogen and oxygen atoms in total. The third-order valence-electron chi connectivity index (χ3n) is 3.94. The molecule has 144 valence electrons. The molecular weight excluding hydrogens is 436 g/mol. The predicted molar refractivity (Wildman–Crippen MR) is 105 cm³/mol. The number of benzene rings is 2. The molecule has 0 aliphatic carbocycles. The fourth-order valence-electron chi connectivity index (χ4n) is 2.52. The topological polar surface area (TPSA) is 84.9 Å². The number of para-hydroxylation sites is 1. The summed E-state index contributed by atoms with van der Waals surface area (Å²) in [7, 11) is -2.50. The average molecular weight is 455 g/mol. The van der Waals surface area contributed by atoms with E-state index in [1.807, 2.05) is 6.07 Å². The summed E-state index contributed by atoms with van der Waals surface area (Å²) in [5, 5.41) is 2.69. The van der Waals surface area contributed by atoms with E-state index in [2.05, 4.69) is 21.2 Å². The lowest BCUT2D eigenvalue weighted by atomic mass is 10.3. The molecule has 0 spiro atoms. The normalized spacial score (nSPS) is 13.9. The molecular formula is C18H19BrN2O5S. The molecule has 1 aliphatic heterocycles. The summed E-state index contributed by atoms with van der Waals surface area (Å²) in [6.07, 6.45) is 0.728. The molecule has 0 radical (unpaired) electrons. The number of rotatable bonds is 5. The van der Waals surface area contributed by atoms with Gasteiger partial charge in [0, 0.05) is 24.0 Å². The van der Waals surface area contributed by atoms with Crippen LogP contribution in [0.1, 0.15) is 6.42 Å². The summed E-state index contributed by atoms with van der Waals surface area (Å²) < 4.78 is 38.4. The predicted octanol–water partition coefficient (Wildman–Crippen LogP) is 2.87. The van der Waals surface area contributed by atoms with Gasteiger partial charge in [-0.3, -0.25) is 4.79 Å². The van der Waals surface area contributed by atoms with Gasteiger partial charge < -0.3 is 14.8 Å². The summed E-state index contributed by atoms with van der Waals surface area (Å²) >= 11 is 3.34. The zero-order chi connectivity index (χ0) is 19.4. The monoisotopic (exact) mass is 454 g/mol.